The van der Waals surface area contributed by atoms with Gasteiger partial charge in [-0.05, 0) is 56.8 Å². The van der Waals surface area contributed by atoms with Gasteiger partial charge in [-0.15, -0.1) is 0 Å². The van der Waals surface area contributed by atoms with Gasteiger partial charge in [0.05, 0.1) is 10.0 Å². The molecule has 2 aliphatic heterocycles. The fraction of sp³-hybridized carbons (Fsp3) is 0.647. The number of halogens is 2. The molecule has 22 heavy (non-hydrogen) atoms. The van der Waals surface area contributed by atoms with Crippen LogP contribution in [0.4, 0.5) is 0 Å². The summed E-state index contributed by atoms with van der Waals surface area (Å²) in [6, 6.07) is 5.50. The van der Waals surface area contributed by atoms with Crippen LogP contribution in [-0.2, 0) is 0 Å². The molecule has 1 aromatic rings. The maximum absolute atomic E-state index is 6.05. The normalized spacial score (nSPS) is 24.4. The van der Waals surface area contributed by atoms with Gasteiger partial charge in [-0.3, -0.25) is 0 Å². The topological polar surface area (TPSA) is 24.5 Å². The Morgan fingerprint density at radius 1 is 1.14 bits per heavy atom. The highest BCUT2D eigenvalue weighted by atomic mass is 35.5. The van der Waals surface area contributed by atoms with Crippen LogP contribution in [0.1, 0.15) is 25.7 Å². The average Bonchev–Trinajstić information content (AvgIpc) is 2.54. The van der Waals surface area contributed by atoms with Crippen LogP contribution in [0.5, 0.6) is 5.75 Å². The molecule has 1 unspecified atom stereocenters. The maximum Gasteiger partial charge on any atom is 0.121 e. The Morgan fingerprint density at radius 3 is 2.64 bits per heavy atom. The summed E-state index contributed by atoms with van der Waals surface area (Å²) < 4.78 is 6.05. The summed E-state index contributed by atoms with van der Waals surface area (Å²) in [7, 11) is 0. The summed E-state index contributed by atoms with van der Waals surface area (Å²) in [5.41, 5.74) is 0. The largest absolute Gasteiger partial charge is 0.490 e. The molecule has 5 heteroatoms. The third-order valence-electron chi connectivity index (χ3n) is 4.64. The fourth-order valence-corrected chi connectivity index (χ4v) is 3.69. The SMILES string of the molecule is Clc1ccc(OC2CCN(CC3CCCNC3)CC2)cc1Cl. The van der Waals surface area contributed by atoms with E-state index in [1.165, 1.54) is 32.5 Å². The van der Waals surface area contributed by atoms with E-state index in [4.69, 9.17) is 27.9 Å². The number of piperidine rings is 2. The van der Waals surface area contributed by atoms with Gasteiger partial charge in [0.15, 0.2) is 0 Å². The van der Waals surface area contributed by atoms with Crippen LogP contribution in [0.2, 0.25) is 10.0 Å². The third-order valence-corrected chi connectivity index (χ3v) is 5.38. The highest BCUT2D eigenvalue weighted by Gasteiger charge is 2.23. The number of nitrogens with one attached hydrogen (secondary N) is 1. The van der Waals surface area contributed by atoms with Crippen LogP contribution < -0.4 is 10.1 Å². The summed E-state index contributed by atoms with van der Waals surface area (Å²) in [5, 5.41) is 4.63. The molecule has 2 heterocycles. The van der Waals surface area contributed by atoms with Gasteiger partial charge in [-0.25, -0.2) is 0 Å². The third kappa shape index (κ3) is 4.51. The van der Waals surface area contributed by atoms with Crippen LogP contribution in [0.3, 0.4) is 0 Å². The van der Waals surface area contributed by atoms with Crippen molar-refractivity contribution in [1.29, 1.82) is 0 Å². The second kappa shape index (κ2) is 7.87. The summed E-state index contributed by atoms with van der Waals surface area (Å²) >= 11 is 12.0. The van der Waals surface area contributed by atoms with Crippen molar-refractivity contribution in [2.75, 3.05) is 32.7 Å². The highest BCUT2D eigenvalue weighted by Crippen LogP contribution is 2.28. The predicted molar refractivity (Wildman–Crippen MR) is 92.1 cm³/mol. The smallest absolute Gasteiger partial charge is 0.121 e. The summed E-state index contributed by atoms with van der Waals surface area (Å²) in [6.07, 6.45) is 5.15. The number of benzene rings is 1. The van der Waals surface area contributed by atoms with E-state index < -0.39 is 0 Å². The molecule has 0 aliphatic carbocycles. The van der Waals surface area contributed by atoms with Gasteiger partial charge in [-0.1, -0.05) is 23.2 Å². The monoisotopic (exact) mass is 342 g/mol. The Kier molecular flexibility index (Phi) is 5.86. The minimum Gasteiger partial charge on any atom is -0.490 e. The first-order valence-corrected chi connectivity index (χ1v) is 9.01. The van der Waals surface area contributed by atoms with Gasteiger partial charge in [0.2, 0.25) is 0 Å². The highest BCUT2D eigenvalue weighted by molar-refractivity contribution is 6.42. The minimum absolute atomic E-state index is 0.290. The van der Waals surface area contributed by atoms with Gasteiger partial charge in [-0.2, -0.15) is 0 Å². The van der Waals surface area contributed by atoms with Crippen LogP contribution >= 0.6 is 23.2 Å². The van der Waals surface area contributed by atoms with Gasteiger partial charge < -0.3 is 15.0 Å². The lowest BCUT2D eigenvalue weighted by atomic mass is 9.97. The molecule has 0 aromatic heterocycles. The van der Waals surface area contributed by atoms with E-state index in [1.807, 2.05) is 12.1 Å². The number of hydrogen-bond donors (Lipinski definition) is 1. The van der Waals surface area contributed by atoms with Crippen LogP contribution in [-0.4, -0.2) is 43.7 Å². The van der Waals surface area contributed by atoms with Crippen molar-refractivity contribution in [2.24, 2.45) is 5.92 Å². The first-order valence-electron chi connectivity index (χ1n) is 8.25. The van der Waals surface area contributed by atoms with E-state index in [0.717, 1.165) is 37.6 Å². The van der Waals surface area contributed by atoms with Crippen LogP contribution in [0.25, 0.3) is 0 Å². The number of ether oxygens (including phenoxy) is 1. The zero-order valence-corrected chi connectivity index (χ0v) is 14.4. The molecular weight excluding hydrogens is 319 g/mol. The molecule has 0 amide bonds. The Labute approximate surface area is 142 Å². The molecule has 3 nitrogen and oxygen atoms in total. The molecule has 0 saturated carbocycles. The first kappa shape index (κ1) is 16.4. The quantitative estimate of drug-likeness (QED) is 0.899. The lowest BCUT2D eigenvalue weighted by molar-refractivity contribution is 0.0880. The lowest BCUT2D eigenvalue weighted by Gasteiger charge is -2.35. The molecule has 0 spiro atoms. The molecule has 122 valence electrons. The number of nitrogens with zero attached hydrogens (tertiary/aromatic N) is 1. The number of likely N-dealkylation sites (tertiary alicyclic amines) is 1. The van der Waals surface area contributed by atoms with Crippen molar-refractivity contribution in [3.63, 3.8) is 0 Å². The van der Waals surface area contributed by atoms with Crippen molar-refractivity contribution in [2.45, 2.75) is 31.8 Å². The van der Waals surface area contributed by atoms with Crippen molar-refractivity contribution in [3.8, 4) is 5.75 Å². The molecule has 1 aromatic carbocycles. The van der Waals surface area contributed by atoms with Gasteiger partial charge in [0.25, 0.3) is 0 Å². The first-order chi connectivity index (χ1) is 10.7. The second-order valence-electron chi connectivity index (χ2n) is 6.41. The zero-order valence-electron chi connectivity index (χ0n) is 12.9. The lowest BCUT2D eigenvalue weighted by Crippen LogP contribution is -2.43. The van der Waals surface area contributed by atoms with E-state index in [9.17, 15) is 0 Å². The molecule has 0 bridgehead atoms. The molecule has 0 radical (unpaired) electrons. The molecule has 1 N–H and O–H groups in total. The Morgan fingerprint density at radius 2 is 1.95 bits per heavy atom. The summed E-state index contributed by atoms with van der Waals surface area (Å²) in [6.45, 7) is 5.85. The van der Waals surface area contributed by atoms with Crippen LogP contribution in [0, 0.1) is 5.92 Å². The maximum atomic E-state index is 6.05. The molecule has 3 rings (SSSR count). The Hall–Kier alpha value is -0.480. The summed E-state index contributed by atoms with van der Waals surface area (Å²) in [5.74, 6) is 1.64. The van der Waals surface area contributed by atoms with Crippen molar-refractivity contribution in [1.82, 2.24) is 10.2 Å². The minimum atomic E-state index is 0.290. The van der Waals surface area contributed by atoms with E-state index >= 15 is 0 Å². The van der Waals surface area contributed by atoms with E-state index in [-0.39, 0.29) is 6.10 Å². The predicted octanol–water partition coefficient (Wildman–Crippen LogP) is 3.84. The molecular formula is C17H24Cl2N2O. The van der Waals surface area contributed by atoms with E-state index in [2.05, 4.69) is 10.2 Å². The number of hydrogen-bond acceptors (Lipinski definition) is 3. The van der Waals surface area contributed by atoms with E-state index in [1.54, 1.807) is 6.07 Å². The fourth-order valence-electron chi connectivity index (χ4n) is 3.40. The molecule has 2 saturated heterocycles. The zero-order chi connectivity index (χ0) is 15.4. The molecule has 2 aliphatic rings. The van der Waals surface area contributed by atoms with Crippen LogP contribution in [0.15, 0.2) is 18.2 Å². The number of rotatable bonds is 4. The van der Waals surface area contributed by atoms with Crippen molar-refractivity contribution >= 4 is 23.2 Å². The standard InChI is InChI=1S/C17H24Cl2N2O/c18-16-4-3-15(10-17(16)19)22-14-5-8-21(9-6-14)12-13-2-1-7-20-11-13/h3-4,10,13-14,20H,1-2,5-9,11-12H2. The van der Waals surface area contributed by atoms with Gasteiger partial charge >= 0.3 is 0 Å². The van der Waals surface area contributed by atoms with Gasteiger partial charge in [0, 0.05) is 25.7 Å². The molecule has 2 fully saturated rings. The van der Waals surface area contributed by atoms with Crippen molar-refractivity contribution in [3.05, 3.63) is 28.2 Å². The van der Waals surface area contributed by atoms with Gasteiger partial charge in [0.1, 0.15) is 11.9 Å². The second-order valence-corrected chi connectivity index (χ2v) is 7.22. The van der Waals surface area contributed by atoms with E-state index in [0.29, 0.717) is 10.0 Å². The Balaban J connectivity index is 1.44. The Bertz CT molecular complexity index is 484. The van der Waals surface area contributed by atoms with Crippen molar-refractivity contribution < 1.29 is 4.74 Å². The molecule has 1 atom stereocenters. The summed E-state index contributed by atoms with van der Waals surface area (Å²) in [4.78, 5) is 2.59. The average molecular weight is 343 g/mol.